The van der Waals surface area contributed by atoms with E-state index in [2.05, 4.69) is 51.9 Å². The molecular weight excluding hydrogens is 848 g/mol. The summed E-state index contributed by atoms with van der Waals surface area (Å²) in [5.74, 6) is 0.733. The van der Waals surface area contributed by atoms with Gasteiger partial charge in [-0.1, -0.05) is 50.5 Å². The zero-order valence-corrected chi connectivity index (χ0v) is 36.4. The number of halogens is 2. The van der Waals surface area contributed by atoms with E-state index in [0.29, 0.717) is 47.4 Å². The number of H-pyrrole nitrogens is 1. The molecule has 0 saturated heterocycles. The molecule has 0 radical (unpaired) electrons. The standard InChI is InChI=1S/C13H14N2O4.C10H9NO4.C6H15N.C4H7Br.C2H3N.HI.Na/c1-2-8-5-9(16)19-12-10(8)11(17)14-13(18)15(12)6-7-3-4-7;1-2-5-3-8(13)15-6-4-7(12)11-10(14)9(5)6;1-4-7(5-2)6-3;5-3-4-1-2-4;1-2-3;;/h5,7H,2-4,6H2,1H3,(H,14,17,18);3H,2,4H2,1H3,(H,11,12,14);4-6H2,1-3H3;4H,1-3H2;1H3;1H;/q;;;;;;+1/p-1. The first kappa shape index (κ1) is 48.6. The Morgan fingerprint density at radius 2 is 1.39 bits per heavy atom. The van der Waals surface area contributed by atoms with E-state index in [1.54, 1.807) is 6.07 Å². The zero-order chi connectivity index (χ0) is 36.7. The van der Waals surface area contributed by atoms with Crippen molar-refractivity contribution < 1.29 is 72.0 Å². The van der Waals surface area contributed by atoms with Crippen molar-refractivity contribution in [3.63, 3.8) is 0 Å². The van der Waals surface area contributed by atoms with Crippen molar-refractivity contribution in [3.8, 4) is 6.07 Å². The van der Waals surface area contributed by atoms with E-state index in [1.807, 2.05) is 13.8 Å². The number of imide groups is 1. The molecule has 3 aromatic heterocycles. The maximum atomic E-state index is 11.9. The zero-order valence-electron chi connectivity index (χ0n) is 30.7. The Kier molecular flexibility index (Phi) is 23.7. The van der Waals surface area contributed by atoms with Crippen LogP contribution in [0.1, 0.15) is 94.5 Å². The Hall–Kier alpha value is -2.36. The van der Waals surface area contributed by atoms with Gasteiger partial charge in [0.1, 0.15) is 11.1 Å². The Morgan fingerprint density at radius 1 is 0.882 bits per heavy atom. The number of rotatable bonds is 8. The fraction of sp³-hybridized carbons (Fsp3) is 0.571. The maximum Gasteiger partial charge on any atom is 1.00 e. The molecule has 16 heteroatoms. The molecule has 4 heterocycles. The number of alkyl halides is 1. The van der Waals surface area contributed by atoms with Gasteiger partial charge in [-0.05, 0) is 81.1 Å². The SMILES string of the molecule is BrCC1CC1.CC#N.CCN(CC)CC.CCc1cc(=O)oc2c1C(=O)NC(=O)C2.CCc1cc(=O)oc2c1c(=O)[nH]c(=O)n2CC1CC1.[I-].[Na+]. The quantitative estimate of drug-likeness (QED) is 0.114. The summed E-state index contributed by atoms with van der Waals surface area (Å²) in [6, 6.07) is 4.34. The minimum Gasteiger partial charge on any atom is -1.00 e. The molecule has 0 unspecified atom stereocenters. The second kappa shape index (κ2) is 24.8. The van der Waals surface area contributed by atoms with Crippen LogP contribution in [-0.4, -0.2) is 51.2 Å². The summed E-state index contributed by atoms with van der Waals surface area (Å²) in [4.78, 5) is 73.7. The molecule has 0 bridgehead atoms. The molecule has 2 fully saturated rings. The summed E-state index contributed by atoms with van der Waals surface area (Å²) >= 11 is 3.38. The molecule has 3 aliphatic rings. The molecule has 2 saturated carbocycles. The van der Waals surface area contributed by atoms with Gasteiger partial charge in [0.05, 0.1) is 18.1 Å². The minimum absolute atomic E-state index is 0. The van der Waals surface area contributed by atoms with E-state index in [0.717, 1.165) is 18.8 Å². The number of carbonyl (C=O) groups is 2. The molecule has 51 heavy (non-hydrogen) atoms. The van der Waals surface area contributed by atoms with Crippen LogP contribution in [0.25, 0.3) is 11.1 Å². The van der Waals surface area contributed by atoms with Crippen molar-refractivity contribution in [2.75, 3.05) is 25.0 Å². The molecule has 0 spiro atoms. The van der Waals surface area contributed by atoms with Crippen LogP contribution in [-0.2, 0) is 30.6 Å². The van der Waals surface area contributed by atoms with Gasteiger partial charge in [0.25, 0.3) is 11.5 Å². The predicted octanol–water partition coefficient (Wildman–Crippen LogP) is -1.69. The van der Waals surface area contributed by atoms with Gasteiger partial charge in [-0.25, -0.2) is 14.4 Å². The fourth-order valence-corrected chi connectivity index (χ4v) is 5.52. The van der Waals surface area contributed by atoms with E-state index in [9.17, 15) is 28.8 Å². The molecule has 0 aromatic carbocycles. The number of aromatic nitrogens is 2. The Bertz CT molecular complexity index is 1850. The van der Waals surface area contributed by atoms with Crippen molar-refractivity contribution in [1.29, 1.82) is 5.26 Å². The van der Waals surface area contributed by atoms with Crippen LogP contribution in [0.5, 0.6) is 0 Å². The second-order valence-corrected chi connectivity index (χ2v) is 12.3. The topological polar surface area (TPSA) is 188 Å². The molecule has 1 aliphatic heterocycles. The van der Waals surface area contributed by atoms with E-state index in [4.69, 9.17) is 14.1 Å². The Labute approximate surface area is 345 Å². The average Bonchev–Trinajstić information content (AvgIpc) is 4.00. The van der Waals surface area contributed by atoms with E-state index >= 15 is 0 Å². The number of nitrogens with one attached hydrogen (secondary N) is 2. The van der Waals surface area contributed by atoms with Crippen molar-refractivity contribution in [3.05, 3.63) is 76.3 Å². The summed E-state index contributed by atoms with van der Waals surface area (Å²) in [7, 11) is 0. The molecule has 3 aromatic rings. The van der Waals surface area contributed by atoms with Gasteiger partial charge < -0.3 is 37.7 Å². The number of nitriles is 1. The first-order valence-corrected chi connectivity index (χ1v) is 17.9. The third-order valence-electron chi connectivity index (χ3n) is 8.04. The van der Waals surface area contributed by atoms with Gasteiger partial charge >= 0.3 is 46.5 Å². The number of fused-ring (bicyclic) bond motifs is 2. The third kappa shape index (κ3) is 15.6. The molecular formula is C35H48BrIN5NaO8. The van der Waals surface area contributed by atoms with E-state index in [-0.39, 0.29) is 71.4 Å². The first-order valence-electron chi connectivity index (χ1n) is 16.8. The molecule has 13 nitrogen and oxygen atoms in total. The van der Waals surface area contributed by atoms with Crippen LogP contribution < -0.4 is 81.4 Å². The van der Waals surface area contributed by atoms with Gasteiger partial charge in [-0.15, -0.1) is 0 Å². The van der Waals surface area contributed by atoms with E-state index < -0.39 is 34.3 Å². The maximum absolute atomic E-state index is 11.9. The van der Waals surface area contributed by atoms with Crippen molar-refractivity contribution in [2.45, 2.75) is 93.0 Å². The van der Waals surface area contributed by atoms with Crippen molar-refractivity contribution >= 4 is 38.8 Å². The largest absolute Gasteiger partial charge is 1.00 e. The van der Waals surface area contributed by atoms with Gasteiger partial charge in [0.15, 0.2) is 0 Å². The molecule has 0 atom stereocenters. The average molecular weight is 897 g/mol. The monoisotopic (exact) mass is 895 g/mol. The number of hydrogen-bond donors (Lipinski definition) is 2. The van der Waals surface area contributed by atoms with Gasteiger partial charge in [-0.2, -0.15) is 5.26 Å². The molecule has 2 N–H and O–H groups in total. The fourth-order valence-electron chi connectivity index (χ4n) is 4.88. The summed E-state index contributed by atoms with van der Waals surface area (Å²) in [5, 5.41) is 11.0. The van der Waals surface area contributed by atoms with Crippen LogP contribution in [0.15, 0.2) is 40.1 Å². The van der Waals surface area contributed by atoms with Crippen LogP contribution in [0.2, 0.25) is 0 Å². The van der Waals surface area contributed by atoms with Crippen LogP contribution in [0.4, 0.5) is 0 Å². The van der Waals surface area contributed by atoms with Crippen LogP contribution >= 0.6 is 15.9 Å². The summed E-state index contributed by atoms with van der Waals surface area (Å²) < 4.78 is 11.3. The van der Waals surface area contributed by atoms with Crippen molar-refractivity contribution in [1.82, 2.24) is 19.8 Å². The van der Waals surface area contributed by atoms with Gasteiger partial charge in [-0.3, -0.25) is 29.3 Å². The molecule has 276 valence electrons. The molecule has 2 amide bonds. The number of carbonyl (C=O) groups excluding carboxylic acids is 2. The van der Waals surface area contributed by atoms with Crippen molar-refractivity contribution in [2.24, 2.45) is 11.8 Å². The third-order valence-corrected chi connectivity index (χ3v) is 8.95. The molecule has 6 rings (SSSR count). The van der Waals surface area contributed by atoms with Crippen LogP contribution in [0.3, 0.4) is 0 Å². The van der Waals surface area contributed by atoms with Gasteiger partial charge in [0, 0.05) is 30.9 Å². The first-order chi connectivity index (χ1) is 23.4. The normalized spacial score (nSPS) is 13.8. The minimum atomic E-state index is -0.529. The Morgan fingerprint density at radius 3 is 1.82 bits per heavy atom. The number of aromatic amines is 1. The number of amides is 2. The summed E-state index contributed by atoms with van der Waals surface area (Å²) in [6.07, 6.45) is 6.08. The number of aryl methyl sites for hydroxylation is 2. The van der Waals surface area contributed by atoms with Crippen LogP contribution in [0, 0.1) is 23.2 Å². The number of hydrogen-bond acceptors (Lipinski definition) is 10. The summed E-state index contributed by atoms with van der Waals surface area (Å²) in [6.45, 7) is 15.7. The summed E-state index contributed by atoms with van der Waals surface area (Å²) in [5.41, 5.74) is -0.398. The molecule has 2 aliphatic carbocycles. The predicted molar refractivity (Wildman–Crippen MR) is 191 cm³/mol. The Balaban J connectivity index is 0.000000694. The van der Waals surface area contributed by atoms with Gasteiger partial charge in [0.2, 0.25) is 11.6 Å². The smallest absolute Gasteiger partial charge is 1.00 e. The number of nitrogens with zero attached hydrogens (tertiary/aromatic N) is 3. The van der Waals surface area contributed by atoms with E-state index in [1.165, 1.54) is 61.4 Å². The second-order valence-electron chi connectivity index (χ2n) is 11.7.